The number of pyridine rings is 1. The number of thiazole rings is 1. The molecule has 1 aromatic carbocycles. The third kappa shape index (κ3) is 4.46. The maximum Gasteiger partial charge on any atom is 0.266 e. The highest BCUT2D eigenvalue weighted by Crippen LogP contribution is 2.31. The number of hydrogen-bond donors (Lipinski definition) is 0. The highest BCUT2D eigenvalue weighted by molar-refractivity contribution is 7.17. The van der Waals surface area contributed by atoms with Crippen LogP contribution < -0.4 is 0 Å². The molecular formula is C19H18ClN3O2S. The molecule has 0 saturated heterocycles. The summed E-state index contributed by atoms with van der Waals surface area (Å²) in [5.74, 6) is -0.0940. The van der Waals surface area contributed by atoms with Crippen LogP contribution in [0.2, 0.25) is 5.02 Å². The molecule has 26 heavy (non-hydrogen) atoms. The Kier molecular flexibility index (Phi) is 6.33. The number of methoxy groups -OCH3 is 1. The Balaban J connectivity index is 1.81. The summed E-state index contributed by atoms with van der Waals surface area (Å²) in [5, 5.41) is 1.34. The summed E-state index contributed by atoms with van der Waals surface area (Å²) in [7, 11) is 1.62. The van der Waals surface area contributed by atoms with Crippen LogP contribution in [0.1, 0.15) is 15.4 Å². The fraction of sp³-hybridized carbons (Fsp3) is 0.211. The molecule has 0 fully saturated rings. The Labute approximate surface area is 161 Å². The van der Waals surface area contributed by atoms with E-state index in [0.717, 1.165) is 16.3 Å². The van der Waals surface area contributed by atoms with Gasteiger partial charge in [0.1, 0.15) is 9.88 Å². The molecule has 0 radical (unpaired) electrons. The Morgan fingerprint density at radius 1 is 1.19 bits per heavy atom. The van der Waals surface area contributed by atoms with Gasteiger partial charge in [-0.3, -0.25) is 9.78 Å². The van der Waals surface area contributed by atoms with Gasteiger partial charge in [0.15, 0.2) is 0 Å². The van der Waals surface area contributed by atoms with E-state index in [9.17, 15) is 4.79 Å². The SMILES string of the molecule is COCCN(Cc1ccccn1)C(=O)c1cnc(-c2ccccc2Cl)s1. The van der Waals surface area contributed by atoms with Crippen molar-refractivity contribution >= 4 is 28.8 Å². The summed E-state index contributed by atoms with van der Waals surface area (Å²) in [6, 6.07) is 13.1. The van der Waals surface area contributed by atoms with Crippen molar-refractivity contribution in [2.45, 2.75) is 6.54 Å². The molecule has 0 saturated carbocycles. The molecule has 0 aliphatic heterocycles. The lowest BCUT2D eigenvalue weighted by atomic mass is 10.2. The maximum absolute atomic E-state index is 13.0. The van der Waals surface area contributed by atoms with E-state index in [2.05, 4.69) is 9.97 Å². The van der Waals surface area contributed by atoms with Crippen LogP contribution in [-0.4, -0.2) is 41.0 Å². The number of rotatable bonds is 7. The third-order valence-electron chi connectivity index (χ3n) is 3.75. The first-order valence-corrected chi connectivity index (χ1v) is 9.27. The van der Waals surface area contributed by atoms with Crippen LogP contribution >= 0.6 is 22.9 Å². The third-order valence-corrected chi connectivity index (χ3v) is 5.10. The topological polar surface area (TPSA) is 55.3 Å². The normalized spacial score (nSPS) is 10.7. The maximum atomic E-state index is 13.0. The number of carbonyl (C=O) groups is 1. The molecule has 3 aromatic rings. The van der Waals surface area contributed by atoms with Crippen molar-refractivity contribution in [1.29, 1.82) is 0 Å². The van der Waals surface area contributed by atoms with Gasteiger partial charge in [0.2, 0.25) is 0 Å². The highest BCUT2D eigenvalue weighted by Gasteiger charge is 2.20. The second-order valence-electron chi connectivity index (χ2n) is 5.55. The van der Waals surface area contributed by atoms with Gasteiger partial charge in [-0.05, 0) is 18.2 Å². The van der Waals surface area contributed by atoms with E-state index >= 15 is 0 Å². The second-order valence-corrected chi connectivity index (χ2v) is 6.99. The number of ether oxygens (including phenoxy) is 1. The predicted octanol–water partition coefficient (Wildman–Crippen LogP) is 4.15. The molecule has 0 atom stereocenters. The number of nitrogens with zero attached hydrogens (tertiary/aromatic N) is 3. The Hall–Kier alpha value is -2.28. The van der Waals surface area contributed by atoms with E-state index < -0.39 is 0 Å². The van der Waals surface area contributed by atoms with E-state index in [4.69, 9.17) is 16.3 Å². The lowest BCUT2D eigenvalue weighted by Gasteiger charge is -2.21. The van der Waals surface area contributed by atoms with Gasteiger partial charge in [-0.1, -0.05) is 35.9 Å². The molecule has 0 aliphatic rings. The quantitative estimate of drug-likeness (QED) is 0.611. The zero-order chi connectivity index (χ0) is 18.4. The van der Waals surface area contributed by atoms with Gasteiger partial charge < -0.3 is 9.64 Å². The molecule has 0 unspecified atom stereocenters. The summed E-state index contributed by atoms with van der Waals surface area (Å²) in [4.78, 5) is 23.9. The minimum atomic E-state index is -0.0940. The van der Waals surface area contributed by atoms with Gasteiger partial charge in [0.25, 0.3) is 5.91 Å². The van der Waals surface area contributed by atoms with Crippen LogP contribution in [0.4, 0.5) is 0 Å². The van der Waals surface area contributed by atoms with Gasteiger partial charge in [0, 0.05) is 25.4 Å². The number of benzene rings is 1. The number of aromatic nitrogens is 2. The molecule has 3 rings (SSSR count). The number of carbonyl (C=O) groups excluding carboxylic acids is 1. The summed E-state index contributed by atoms with van der Waals surface area (Å²) in [6.45, 7) is 1.35. The lowest BCUT2D eigenvalue weighted by Crippen LogP contribution is -2.33. The smallest absolute Gasteiger partial charge is 0.266 e. The standard InChI is InChI=1S/C19H18ClN3O2S/c1-25-11-10-23(13-14-6-4-5-9-21-14)19(24)17-12-22-18(26-17)15-7-2-3-8-16(15)20/h2-9,12H,10-11,13H2,1H3. The summed E-state index contributed by atoms with van der Waals surface area (Å²) >= 11 is 7.57. The Bertz CT molecular complexity index is 870. The van der Waals surface area contributed by atoms with Gasteiger partial charge in [-0.2, -0.15) is 0 Å². The van der Waals surface area contributed by atoms with E-state index in [0.29, 0.717) is 29.6 Å². The molecule has 2 heterocycles. The summed E-state index contributed by atoms with van der Waals surface area (Å²) < 4.78 is 5.14. The zero-order valence-electron chi connectivity index (χ0n) is 14.3. The first-order valence-electron chi connectivity index (χ1n) is 8.08. The van der Waals surface area contributed by atoms with Crippen molar-refractivity contribution in [3.05, 3.63) is 70.5 Å². The molecular weight excluding hydrogens is 370 g/mol. The molecule has 7 heteroatoms. The Morgan fingerprint density at radius 2 is 2.00 bits per heavy atom. The highest BCUT2D eigenvalue weighted by atomic mass is 35.5. The fourth-order valence-electron chi connectivity index (χ4n) is 2.43. The molecule has 1 amide bonds. The number of amides is 1. The van der Waals surface area contributed by atoms with Crippen LogP contribution in [0, 0.1) is 0 Å². The first-order chi connectivity index (χ1) is 12.7. The molecule has 5 nitrogen and oxygen atoms in total. The van der Waals surface area contributed by atoms with E-state index in [1.54, 1.807) is 24.4 Å². The minimum absolute atomic E-state index is 0.0940. The summed E-state index contributed by atoms with van der Waals surface area (Å²) in [6.07, 6.45) is 3.32. The average Bonchev–Trinajstić information content (AvgIpc) is 3.15. The zero-order valence-corrected chi connectivity index (χ0v) is 15.8. The van der Waals surface area contributed by atoms with E-state index in [1.165, 1.54) is 11.3 Å². The molecule has 0 spiro atoms. The van der Waals surface area contributed by atoms with Crippen molar-refractivity contribution in [2.24, 2.45) is 0 Å². The molecule has 134 valence electrons. The van der Waals surface area contributed by atoms with Gasteiger partial charge in [0.05, 0.1) is 30.1 Å². The van der Waals surface area contributed by atoms with Gasteiger partial charge in [-0.25, -0.2) is 4.98 Å². The Morgan fingerprint density at radius 3 is 2.73 bits per heavy atom. The first kappa shape index (κ1) is 18.5. The fourth-order valence-corrected chi connectivity index (χ4v) is 3.63. The van der Waals surface area contributed by atoms with Gasteiger partial charge >= 0.3 is 0 Å². The van der Waals surface area contributed by atoms with Crippen molar-refractivity contribution in [1.82, 2.24) is 14.9 Å². The van der Waals surface area contributed by atoms with Crippen LogP contribution in [-0.2, 0) is 11.3 Å². The van der Waals surface area contributed by atoms with Crippen molar-refractivity contribution in [2.75, 3.05) is 20.3 Å². The average molecular weight is 388 g/mol. The predicted molar refractivity (Wildman–Crippen MR) is 103 cm³/mol. The van der Waals surface area contributed by atoms with Crippen LogP contribution in [0.3, 0.4) is 0 Å². The van der Waals surface area contributed by atoms with Crippen molar-refractivity contribution in [3.8, 4) is 10.6 Å². The van der Waals surface area contributed by atoms with E-state index in [1.807, 2.05) is 42.5 Å². The number of halogens is 1. The second kappa shape index (κ2) is 8.89. The monoisotopic (exact) mass is 387 g/mol. The van der Waals surface area contributed by atoms with Gasteiger partial charge in [-0.15, -0.1) is 11.3 Å². The molecule has 0 aliphatic carbocycles. The molecule has 0 bridgehead atoms. The summed E-state index contributed by atoms with van der Waals surface area (Å²) in [5.41, 5.74) is 1.65. The van der Waals surface area contributed by atoms with Crippen molar-refractivity contribution < 1.29 is 9.53 Å². The van der Waals surface area contributed by atoms with Crippen LogP contribution in [0.15, 0.2) is 54.9 Å². The molecule has 2 aromatic heterocycles. The van der Waals surface area contributed by atoms with Crippen molar-refractivity contribution in [3.63, 3.8) is 0 Å². The minimum Gasteiger partial charge on any atom is -0.383 e. The number of hydrogen-bond acceptors (Lipinski definition) is 5. The molecule has 0 N–H and O–H groups in total. The van der Waals surface area contributed by atoms with Crippen LogP contribution in [0.5, 0.6) is 0 Å². The lowest BCUT2D eigenvalue weighted by molar-refractivity contribution is 0.0682. The van der Waals surface area contributed by atoms with Crippen LogP contribution in [0.25, 0.3) is 10.6 Å². The largest absolute Gasteiger partial charge is 0.383 e. The van der Waals surface area contributed by atoms with E-state index in [-0.39, 0.29) is 5.91 Å².